The van der Waals surface area contributed by atoms with Crippen LogP contribution in [-0.2, 0) is 38.7 Å². The molecule has 0 bridgehead atoms. The average molecular weight is 723 g/mol. The van der Waals surface area contributed by atoms with E-state index in [1.54, 1.807) is 18.2 Å². The summed E-state index contributed by atoms with van der Waals surface area (Å²) in [6.45, 7) is 2.27. The Morgan fingerprint density at radius 3 is 2.06 bits per heavy atom. The van der Waals surface area contributed by atoms with Gasteiger partial charge in [-0.2, -0.15) is 26.3 Å². The molecule has 264 valence electrons. The Morgan fingerprint density at radius 2 is 1.50 bits per heavy atom. The molecule has 2 N–H and O–H groups in total. The smallest absolute Gasteiger partial charge is 0.369 e. The van der Waals surface area contributed by atoms with Gasteiger partial charge in [-0.3, -0.25) is 9.59 Å². The maximum Gasteiger partial charge on any atom is 0.416 e. The van der Waals surface area contributed by atoms with Gasteiger partial charge in [-0.15, -0.1) is 0 Å². The number of alkyl halides is 6. The second-order valence-electron chi connectivity index (χ2n) is 13.3. The summed E-state index contributed by atoms with van der Waals surface area (Å²) in [7, 11) is 0. The van der Waals surface area contributed by atoms with Gasteiger partial charge in [-0.25, -0.2) is 0 Å². The summed E-state index contributed by atoms with van der Waals surface area (Å²) < 4.78 is 87.2. The van der Waals surface area contributed by atoms with Crippen LogP contribution in [0.2, 0.25) is 10.0 Å². The third-order valence-corrected chi connectivity index (χ3v) is 11.2. The first kappa shape index (κ1) is 36.7. The van der Waals surface area contributed by atoms with Crippen LogP contribution in [0.3, 0.4) is 0 Å². The molecule has 1 unspecified atom stereocenters. The number of ether oxygens (including phenoxy) is 1. The molecule has 0 aromatic heterocycles. The molecule has 2 saturated heterocycles. The lowest BCUT2D eigenvalue weighted by molar-refractivity contribution is -0.155. The SMILES string of the molecule is NC(=O)C1(C2CCN(CCC3(c4ccc(Cl)c(Cl)c4)CN(C(=O)Cc4cc(C(F)(F)F)cc(C(F)(F)F)c4)CCO3)CC2)CCCCC1. The molecule has 0 radical (unpaired) electrons. The van der Waals surface area contributed by atoms with Crippen molar-refractivity contribution in [3.63, 3.8) is 0 Å². The standard InChI is InChI=1S/C34H39Cl2F6N3O3/c35-27-5-4-24(20-28(27)36)32(10-13-44-11-6-23(7-12-44)31(30(43)47)8-2-1-3-9-31)21-45(14-15-48-32)29(46)18-22-16-25(33(37,38)39)19-26(17-22)34(40,41)42/h4-5,16-17,19-20,23H,1-3,6-15,18,21H2,(H2,43,47). The molecule has 2 amide bonds. The number of benzene rings is 2. The molecule has 1 saturated carbocycles. The van der Waals surface area contributed by atoms with E-state index in [0.717, 1.165) is 58.0 Å². The first-order chi connectivity index (χ1) is 22.5. The van der Waals surface area contributed by atoms with E-state index in [1.165, 1.54) is 4.90 Å². The van der Waals surface area contributed by atoms with Crippen molar-refractivity contribution < 1.29 is 40.7 Å². The second kappa shape index (κ2) is 14.4. The first-order valence-corrected chi connectivity index (χ1v) is 17.0. The minimum absolute atomic E-state index is 0.0101. The number of primary amides is 1. The number of amides is 2. The molecule has 2 aromatic rings. The lowest BCUT2D eigenvalue weighted by Gasteiger charge is -2.46. The van der Waals surface area contributed by atoms with Gasteiger partial charge in [0.25, 0.3) is 0 Å². The Balaban J connectivity index is 1.33. The molecule has 6 nitrogen and oxygen atoms in total. The van der Waals surface area contributed by atoms with Gasteiger partial charge in [-0.05, 0) is 92.6 Å². The number of hydrogen-bond acceptors (Lipinski definition) is 4. The maximum absolute atomic E-state index is 13.5. The predicted octanol–water partition coefficient (Wildman–Crippen LogP) is 7.87. The summed E-state index contributed by atoms with van der Waals surface area (Å²) in [4.78, 5) is 29.8. The Bertz CT molecular complexity index is 1460. The van der Waals surface area contributed by atoms with E-state index in [2.05, 4.69) is 4.90 Å². The average Bonchev–Trinajstić information content (AvgIpc) is 3.04. The van der Waals surface area contributed by atoms with E-state index in [-0.39, 0.29) is 48.2 Å². The van der Waals surface area contributed by atoms with Crippen molar-refractivity contribution in [1.29, 1.82) is 0 Å². The summed E-state index contributed by atoms with van der Waals surface area (Å²) in [6, 6.07) is 6.23. The summed E-state index contributed by atoms with van der Waals surface area (Å²) in [5.74, 6) is -0.622. The molecule has 2 aromatic carbocycles. The Kier molecular flexibility index (Phi) is 11.0. The third kappa shape index (κ3) is 8.08. The predicted molar refractivity (Wildman–Crippen MR) is 169 cm³/mol. The number of carbonyl (C=O) groups excluding carboxylic acids is 2. The van der Waals surface area contributed by atoms with Crippen LogP contribution in [0, 0.1) is 11.3 Å². The molecule has 48 heavy (non-hydrogen) atoms. The van der Waals surface area contributed by atoms with Gasteiger partial charge in [0.15, 0.2) is 0 Å². The van der Waals surface area contributed by atoms with Crippen LogP contribution in [0.5, 0.6) is 0 Å². The van der Waals surface area contributed by atoms with E-state index in [0.29, 0.717) is 35.7 Å². The van der Waals surface area contributed by atoms with Gasteiger partial charge in [0, 0.05) is 13.1 Å². The van der Waals surface area contributed by atoms with Crippen LogP contribution in [0.15, 0.2) is 36.4 Å². The van der Waals surface area contributed by atoms with Crippen LogP contribution in [-0.4, -0.2) is 60.9 Å². The molecule has 5 rings (SSSR count). The minimum Gasteiger partial charge on any atom is -0.369 e. The van der Waals surface area contributed by atoms with E-state index < -0.39 is 46.8 Å². The number of rotatable bonds is 8. The van der Waals surface area contributed by atoms with Crippen LogP contribution in [0.25, 0.3) is 0 Å². The van der Waals surface area contributed by atoms with Crippen LogP contribution in [0.1, 0.15) is 73.6 Å². The largest absolute Gasteiger partial charge is 0.416 e. The van der Waals surface area contributed by atoms with Gasteiger partial charge in [0.2, 0.25) is 11.8 Å². The molecule has 14 heteroatoms. The van der Waals surface area contributed by atoms with Gasteiger partial charge < -0.3 is 20.3 Å². The topological polar surface area (TPSA) is 75.9 Å². The quantitative estimate of drug-likeness (QED) is 0.282. The fourth-order valence-corrected chi connectivity index (χ4v) is 8.04. The zero-order chi connectivity index (χ0) is 34.9. The van der Waals surface area contributed by atoms with Gasteiger partial charge in [-0.1, -0.05) is 48.5 Å². The number of hydrogen-bond donors (Lipinski definition) is 1. The third-order valence-electron chi connectivity index (χ3n) is 10.4. The number of nitrogens with zero attached hydrogens (tertiary/aromatic N) is 2. The Morgan fingerprint density at radius 1 is 0.875 bits per heavy atom. The highest BCUT2D eigenvalue weighted by molar-refractivity contribution is 6.42. The fraction of sp³-hybridized carbons (Fsp3) is 0.588. The molecule has 1 aliphatic carbocycles. The molecular formula is C34H39Cl2F6N3O3. The zero-order valence-corrected chi connectivity index (χ0v) is 27.9. The fourth-order valence-electron chi connectivity index (χ4n) is 7.74. The zero-order valence-electron chi connectivity index (χ0n) is 26.4. The van der Waals surface area contributed by atoms with Gasteiger partial charge >= 0.3 is 12.4 Å². The number of piperidine rings is 1. The van der Waals surface area contributed by atoms with Gasteiger partial charge in [0.05, 0.1) is 46.2 Å². The maximum atomic E-state index is 13.5. The van der Waals surface area contributed by atoms with Crippen molar-refractivity contribution >= 4 is 35.0 Å². The number of halogens is 8. The van der Waals surface area contributed by atoms with Crippen molar-refractivity contribution in [3.8, 4) is 0 Å². The number of morpholine rings is 1. The lowest BCUT2D eigenvalue weighted by Crippen LogP contribution is -2.54. The van der Waals surface area contributed by atoms with Crippen molar-refractivity contribution in [2.75, 3.05) is 39.3 Å². The number of nitrogens with two attached hydrogens (primary N) is 1. The molecule has 1 atom stereocenters. The molecule has 3 aliphatic rings. The van der Waals surface area contributed by atoms with E-state index in [9.17, 15) is 35.9 Å². The molecule has 2 heterocycles. The van der Waals surface area contributed by atoms with Crippen LogP contribution >= 0.6 is 23.2 Å². The van der Waals surface area contributed by atoms with E-state index >= 15 is 0 Å². The first-order valence-electron chi connectivity index (χ1n) is 16.2. The normalized spacial score (nSPS) is 22.9. The van der Waals surface area contributed by atoms with Crippen molar-refractivity contribution in [3.05, 3.63) is 68.7 Å². The summed E-state index contributed by atoms with van der Waals surface area (Å²) in [5.41, 5.74) is 1.74. The molecule has 3 fully saturated rings. The molecule has 2 aliphatic heterocycles. The molecular weight excluding hydrogens is 683 g/mol. The number of carbonyl (C=O) groups is 2. The van der Waals surface area contributed by atoms with Crippen molar-refractivity contribution in [2.45, 2.75) is 75.7 Å². The minimum atomic E-state index is -5.02. The lowest BCUT2D eigenvalue weighted by atomic mass is 9.62. The highest BCUT2D eigenvalue weighted by Crippen LogP contribution is 2.47. The van der Waals surface area contributed by atoms with E-state index in [4.69, 9.17) is 33.7 Å². The van der Waals surface area contributed by atoms with Crippen LogP contribution < -0.4 is 5.73 Å². The Labute approximate surface area is 285 Å². The highest BCUT2D eigenvalue weighted by Gasteiger charge is 2.46. The summed E-state index contributed by atoms with van der Waals surface area (Å²) >= 11 is 12.6. The monoisotopic (exact) mass is 721 g/mol. The second-order valence-corrected chi connectivity index (χ2v) is 14.1. The summed E-state index contributed by atoms with van der Waals surface area (Å²) in [6.07, 6.45) is -3.88. The highest BCUT2D eigenvalue weighted by atomic mass is 35.5. The Hall–Kier alpha value is -2.54. The number of likely N-dealkylation sites (tertiary alicyclic amines) is 1. The van der Waals surface area contributed by atoms with Crippen molar-refractivity contribution in [1.82, 2.24) is 9.80 Å². The van der Waals surface area contributed by atoms with E-state index in [1.807, 2.05) is 0 Å². The van der Waals surface area contributed by atoms with Crippen molar-refractivity contribution in [2.24, 2.45) is 17.1 Å². The molecule has 0 spiro atoms. The van der Waals surface area contributed by atoms with Gasteiger partial charge in [0.1, 0.15) is 5.60 Å². The summed E-state index contributed by atoms with van der Waals surface area (Å²) in [5, 5.41) is 0.590. The van der Waals surface area contributed by atoms with Crippen LogP contribution in [0.4, 0.5) is 26.3 Å².